The van der Waals surface area contributed by atoms with Crippen molar-refractivity contribution in [2.24, 2.45) is 0 Å². The van der Waals surface area contributed by atoms with E-state index in [4.69, 9.17) is 4.74 Å². The van der Waals surface area contributed by atoms with E-state index in [-0.39, 0.29) is 27.9 Å². The van der Waals surface area contributed by atoms with Gasteiger partial charge in [0, 0.05) is 23.6 Å². The summed E-state index contributed by atoms with van der Waals surface area (Å²) in [5, 5.41) is 6.84. The highest BCUT2D eigenvalue weighted by molar-refractivity contribution is 7.14. The number of aromatic nitrogens is 1. The van der Waals surface area contributed by atoms with Crippen LogP contribution in [0.5, 0.6) is 5.75 Å². The molecule has 0 atom stereocenters. The average molecular weight is 403 g/mol. The second-order valence-corrected chi connectivity index (χ2v) is 6.57. The quantitative estimate of drug-likeness (QED) is 0.665. The van der Waals surface area contributed by atoms with E-state index >= 15 is 0 Å². The third kappa shape index (κ3) is 4.32. The molecule has 3 rings (SSSR count). The molecule has 0 aliphatic rings. The first-order valence-electron chi connectivity index (χ1n) is 8.05. The molecule has 9 heteroatoms. The van der Waals surface area contributed by atoms with Gasteiger partial charge in [0.05, 0.1) is 18.4 Å². The number of halogens is 2. The molecule has 0 saturated heterocycles. The van der Waals surface area contributed by atoms with E-state index in [0.29, 0.717) is 11.4 Å². The zero-order valence-corrected chi connectivity index (χ0v) is 15.7. The van der Waals surface area contributed by atoms with Crippen molar-refractivity contribution in [3.05, 3.63) is 59.0 Å². The van der Waals surface area contributed by atoms with Crippen LogP contribution in [0.1, 0.15) is 17.3 Å². The van der Waals surface area contributed by atoms with Crippen molar-refractivity contribution in [2.75, 3.05) is 17.7 Å². The minimum Gasteiger partial charge on any atom is -0.496 e. The predicted octanol–water partition coefficient (Wildman–Crippen LogP) is 4.31. The maximum Gasteiger partial charge on any atom is 0.261 e. The first-order valence-corrected chi connectivity index (χ1v) is 8.93. The van der Waals surface area contributed by atoms with E-state index in [2.05, 4.69) is 15.6 Å². The van der Waals surface area contributed by atoms with Gasteiger partial charge in [-0.1, -0.05) is 0 Å². The first kappa shape index (κ1) is 19.4. The number of nitrogens with zero attached hydrogens (tertiary/aromatic N) is 1. The lowest BCUT2D eigenvalue weighted by Crippen LogP contribution is -2.13. The molecule has 3 aromatic rings. The van der Waals surface area contributed by atoms with Gasteiger partial charge in [0.25, 0.3) is 5.91 Å². The molecule has 1 aromatic heterocycles. The van der Waals surface area contributed by atoms with Gasteiger partial charge < -0.3 is 10.1 Å². The van der Waals surface area contributed by atoms with Crippen molar-refractivity contribution in [2.45, 2.75) is 6.92 Å². The van der Waals surface area contributed by atoms with Crippen LogP contribution in [-0.2, 0) is 4.79 Å². The van der Waals surface area contributed by atoms with Crippen molar-refractivity contribution >= 4 is 34.0 Å². The Morgan fingerprint density at radius 3 is 2.57 bits per heavy atom. The number of hydrogen-bond donors (Lipinski definition) is 2. The summed E-state index contributed by atoms with van der Waals surface area (Å²) >= 11 is 1.09. The molecule has 0 unspecified atom stereocenters. The van der Waals surface area contributed by atoms with Crippen LogP contribution in [0.4, 0.5) is 19.6 Å². The number of carbonyl (C=O) groups excluding carboxylic acids is 2. The van der Waals surface area contributed by atoms with Crippen LogP contribution in [0.25, 0.3) is 11.3 Å². The van der Waals surface area contributed by atoms with Crippen molar-refractivity contribution in [1.82, 2.24) is 4.98 Å². The molecule has 0 aliphatic carbocycles. The lowest BCUT2D eigenvalue weighted by atomic mass is 10.1. The molecule has 0 bridgehead atoms. The van der Waals surface area contributed by atoms with E-state index in [9.17, 15) is 18.4 Å². The molecule has 144 valence electrons. The second-order valence-electron chi connectivity index (χ2n) is 5.71. The Bertz CT molecular complexity index is 1050. The summed E-state index contributed by atoms with van der Waals surface area (Å²) in [4.78, 5) is 27.7. The van der Waals surface area contributed by atoms with Gasteiger partial charge in [0.2, 0.25) is 5.91 Å². The van der Waals surface area contributed by atoms with Gasteiger partial charge in [-0.25, -0.2) is 13.8 Å². The Morgan fingerprint density at radius 1 is 1.11 bits per heavy atom. The van der Waals surface area contributed by atoms with Gasteiger partial charge in [-0.15, -0.1) is 11.3 Å². The van der Waals surface area contributed by atoms with E-state index in [1.165, 1.54) is 38.3 Å². The minimum absolute atomic E-state index is 0.0186. The zero-order valence-electron chi connectivity index (χ0n) is 14.9. The van der Waals surface area contributed by atoms with Crippen LogP contribution in [0.3, 0.4) is 0 Å². The fraction of sp³-hybridized carbons (Fsp3) is 0.105. The topological polar surface area (TPSA) is 80.3 Å². The molecule has 0 fully saturated rings. The summed E-state index contributed by atoms with van der Waals surface area (Å²) in [7, 11) is 1.37. The van der Waals surface area contributed by atoms with Crippen LogP contribution in [0.15, 0.2) is 41.8 Å². The van der Waals surface area contributed by atoms with Gasteiger partial charge in [-0.05, 0) is 36.4 Å². The third-order valence-electron chi connectivity index (χ3n) is 3.70. The van der Waals surface area contributed by atoms with Crippen LogP contribution >= 0.6 is 11.3 Å². The highest BCUT2D eigenvalue weighted by Crippen LogP contribution is 2.29. The van der Waals surface area contributed by atoms with E-state index in [1.54, 1.807) is 11.4 Å². The summed E-state index contributed by atoms with van der Waals surface area (Å²) in [5.74, 6) is -1.83. The minimum atomic E-state index is -0.598. The molecule has 6 nitrogen and oxygen atoms in total. The Balaban J connectivity index is 1.80. The van der Waals surface area contributed by atoms with E-state index in [0.717, 1.165) is 17.4 Å². The summed E-state index contributed by atoms with van der Waals surface area (Å²) in [6.45, 7) is 1.33. The Labute approximate surface area is 163 Å². The fourth-order valence-electron chi connectivity index (χ4n) is 2.48. The SMILES string of the molecule is COc1ccc(F)cc1C(=O)Nc1nc(-c2ccc(NC(C)=O)cc2F)cs1. The summed E-state index contributed by atoms with van der Waals surface area (Å²) in [6.07, 6.45) is 0. The molecule has 28 heavy (non-hydrogen) atoms. The molecule has 0 saturated carbocycles. The lowest BCUT2D eigenvalue weighted by molar-refractivity contribution is -0.114. The van der Waals surface area contributed by atoms with Gasteiger partial charge in [0.15, 0.2) is 5.13 Å². The highest BCUT2D eigenvalue weighted by atomic mass is 32.1. The molecular weight excluding hydrogens is 388 g/mol. The number of hydrogen-bond acceptors (Lipinski definition) is 5. The number of anilines is 2. The molecule has 2 aromatic carbocycles. The van der Waals surface area contributed by atoms with Crippen molar-refractivity contribution < 1.29 is 23.1 Å². The van der Waals surface area contributed by atoms with E-state index in [1.807, 2.05) is 0 Å². The van der Waals surface area contributed by atoms with Crippen molar-refractivity contribution in [3.63, 3.8) is 0 Å². The maximum atomic E-state index is 14.3. The fourth-order valence-corrected chi connectivity index (χ4v) is 3.19. The number of ether oxygens (including phenoxy) is 1. The number of carbonyl (C=O) groups is 2. The number of thiazole rings is 1. The summed E-state index contributed by atoms with van der Waals surface area (Å²) < 4.78 is 32.8. The third-order valence-corrected chi connectivity index (χ3v) is 4.45. The Kier molecular flexibility index (Phi) is 5.65. The molecule has 1 heterocycles. The van der Waals surface area contributed by atoms with Crippen LogP contribution in [0, 0.1) is 11.6 Å². The molecular formula is C19H15F2N3O3S. The van der Waals surface area contributed by atoms with E-state index < -0.39 is 17.5 Å². The van der Waals surface area contributed by atoms with Crippen LogP contribution < -0.4 is 15.4 Å². The Morgan fingerprint density at radius 2 is 1.89 bits per heavy atom. The molecule has 0 aliphatic heterocycles. The first-order chi connectivity index (χ1) is 13.4. The summed E-state index contributed by atoms with van der Waals surface area (Å²) in [5.41, 5.74) is 0.883. The molecule has 0 spiro atoms. The number of benzene rings is 2. The highest BCUT2D eigenvalue weighted by Gasteiger charge is 2.16. The number of rotatable bonds is 5. The van der Waals surface area contributed by atoms with Crippen molar-refractivity contribution in [1.29, 1.82) is 0 Å². The van der Waals surface area contributed by atoms with Gasteiger partial charge >= 0.3 is 0 Å². The van der Waals surface area contributed by atoms with Gasteiger partial charge in [-0.2, -0.15) is 0 Å². The number of nitrogens with one attached hydrogen (secondary N) is 2. The standard InChI is InChI=1S/C19H15F2N3O3S/c1-10(25)22-12-4-5-13(15(21)8-12)16-9-28-19(23-16)24-18(26)14-7-11(20)3-6-17(14)27-2/h3-9H,1-2H3,(H,22,25)(H,23,24,26). The number of amides is 2. The maximum absolute atomic E-state index is 14.3. The van der Waals surface area contributed by atoms with Gasteiger partial charge in [-0.3, -0.25) is 14.9 Å². The number of methoxy groups -OCH3 is 1. The lowest BCUT2D eigenvalue weighted by Gasteiger charge is -2.07. The largest absolute Gasteiger partial charge is 0.496 e. The Hall–Kier alpha value is -3.33. The molecule has 2 N–H and O–H groups in total. The molecule has 0 radical (unpaired) electrons. The zero-order chi connectivity index (χ0) is 20.3. The second kappa shape index (κ2) is 8.13. The van der Waals surface area contributed by atoms with Crippen LogP contribution in [-0.4, -0.2) is 23.9 Å². The van der Waals surface area contributed by atoms with Gasteiger partial charge in [0.1, 0.15) is 17.4 Å². The summed E-state index contributed by atoms with van der Waals surface area (Å²) in [6, 6.07) is 7.81. The molecule has 2 amide bonds. The monoisotopic (exact) mass is 403 g/mol. The average Bonchev–Trinajstić information content (AvgIpc) is 3.09. The van der Waals surface area contributed by atoms with Crippen LogP contribution in [0.2, 0.25) is 0 Å². The predicted molar refractivity (Wildman–Crippen MR) is 103 cm³/mol. The normalized spacial score (nSPS) is 10.4. The van der Waals surface area contributed by atoms with Crippen molar-refractivity contribution in [3.8, 4) is 17.0 Å². The smallest absolute Gasteiger partial charge is 0.261 e.